The first kappa shape index (κ1) is 22.6. The molecule has 0 aliphatic rings. The third kappa shape index (κ3) is 7.35. The van der Waals surface area contributed by atoms with E-state index in [0.717, 1.165) is 5.56 Å². The van der Waals surface area contributed by atoms with Gasteiger partial charge in [-0.15, -0.1) is 0 Å². The molecule has 2 aromatic carbocycles. The van der Waals surface area contributed by atoms with Crippen LogP contribution in [-0.4, -0.2) is 37.8 Å². The number of hydrogen-bond donors (Lipinski definition) is 4. The predicted octanol–water partition coefficient (Wildman–Crippen LogP) is 1.04. The lowest BCUT2D eigenvalue weighted by Gasteiger charge is -2.10. The normalized spacial score (nSPS) is 13.1. The SMILES string of the molecule is COc1ccc(C[C@@H](C)N)cc1S(N)(=O)=O.O=C(O)[C@H](O)c1ccccc1. The number of rotatable bonds is 6. The second kappa shape index (κ2) is 10.0. The molecular weight excluding hydrogens is 372 g/mol. The lowest BCUT2D eigenvalue weighted by Crippen LogP contribution is -2.19. The van der Waals surface area contributed by atoms with E-state index in [4.69, 9.17) is 25.8 Å². The Hall–Kier alpha value is -2.46. The van der Waals surface area contributed by atoms with E-state index in [1.807, 2.05) is 6.92 Å². The summed E-state index contributed by atoms with van der Waals surface area (Å²) in [5.41, 5.74) is 6.86. The van der Waals surface area contributed by atoms with E-state index in [-0.39, 0.29) is 16.7 Å². The molecule has 8 nitrogen and oxygen atoms in total. The van der Waals surface area contributed by atoms with E-state index in [0.29, 0.717) is 12.0 Å². The fourth-order valence-corrected chi connectivity index (χ4v) is 2.97. The Balaban J connectivity index is 0.000000289. The smallest absolute Gasteiger partial charge is 0.337 e. The first-order valence-electron chi connectivity index (χ1n) is 7.97. The molecule has 0 heterocycles. The topological polar surface area (TPSA) is 153 Å². The minimum atomic E-state index is -3.77. The van der Waals surface area contributed by atoms with Gasteiger partial charge in [-0.1, -0.05) is 36.4 Å². The number of aliphatic carboxylic acids is 1. The van der Waals surface area contributed by atoms with Crippen molar-refractivity contribution in [3.05, 3.63) is 59.7 Å². The summed E-state index contributed by atoms with van der Waals surface area (Å²) in [4.78, 5) is 10.2. The van der Waals surface area contributed by atoms with Crippen LogP contribution >= 0.6 is 0 Å². The Morgan fingerprint density at radius 2 is 1.78 bits per heavy atom. The number of nitrogens with two attached hydrogens (primary N) is 2. The molecule has 2 aromatic rings. The molecule has 0 saturated carbocycles. The zero-order valence-electron chi connectivity index (χ0n) is 15.1. The number of sulfonamides is 1. The second-order valence-electron chi connectivity index (χ2n) is 5.86. The van der Waals surface area contributed by atoms with E-state index < -0.39 is 22.1 Å². The van der Waals surface area contributed by atoms with Crippen LogP contribution in [0.5, 0.6) is 5.75 Å². The van der Waals surface area contributed by atoms with Crippen molar-refractivity contribution in [1.82, 2.24) is 0 Å². The number of aliphatic hydroxyl groups is 1. The van der Waals surface area contributed by atoms with Crippen molar-refractivity contribution in [3.63, 3.8) is 0 Å². The summed E-state index contributed by atoms with van der Waals surface area (Å²) in [6.07, 6.45) is -0.817. The summed E-state index contributed by atoms with van der Waals surface area (Å²) in [7, 11) is -2.37. The summed E-state index contributed by atoms with van der Waals surface area (Å²) in [6, 6.07) is 13.1. The molecule has 0 aliphatic heterocycles. The number of benzene rings is 2. The van der Waals surface area contributed by atoms with Gasteiger partial charge in [0.1, 0.15) is 10.6 Å². The quantitative estimate of drug-likeness (QED) is 0.569. The minimum Gasteiger partial charge on any atom is -0.495 e. The highest BCUT2D eigenvalue weighted by atomic mass is 32.2. The van der Waals surface area contributed by atoms with Crippen LogP contribution in [0.4, 0.5) is 0 Å². The zero-order chi connectivity index (χ0) is 20.6. The number of carbonyl (C=O) groups is 1. The molecule has 9 heteroatoms. The van der Waals surface area contributed by atoms with Gasteiger partial charge in [0.25, 0.3) is 0 Å². The number of aliphatic hydroxyl groups excluding tert-OH is 1. The number of ether oxygens (including phenoxy) is 1. The number of primary sulfonamides is 1. The molecule has 27 heavy (non-hydrogen) atoms. The molecule has 0 amide bonds. The van der Waals surface area contributed by atoms with Gasteiger partial charge in [-0.3, -0.25) is 0 Å². The zero-order valence-corrected chi connectivity index (χ0v) is 15.9. The van der Waals surface area contributed by atoms with Crippen LogP contribution in [-0.2, 0) is 21.2 Å². The van der Waals surface area contributed by atoms with Crippen molar-refractivity contribution in [2.24, 2.45) is 10.9 Å². The minimum absolute atomic E-state index is 0.00634. The molecule has 2 atom stereocenters. The summed E-state index contributed by atoms with van der Waals surface area (Å²) in [5, 5.41) is 22.5. The second-order valence-corrected chi connectivity index (χ2v) is 7.39. The number of methoxy groups -OCH3 is 1. The Kier molecular flexibility index (Phi) is 8.38. The Morgan fingerprint density at radius 3 is 2.22 bits per heavy atom. The van der Waals surface area contributed by atoms with Gasteiger partial charge in [0.05, 0.1) is 7.11 Å². The van der Waals surface area contributed by atoms with Crippen molar-refractivity contribution in [2.75, 3.05) is 7.11 Å². The maximum absolute atomic E-state index is 11.3. The standard InChI is InChI=1S/C10H16N2O3S.C8H8O3/c1-7(11)5-8-3-4-9(15-2)10(6-8)16(12,13)14;9-7(8(10)11)6-4-2-1-3-5-6/h3-4,6-7H,5,11H2,1-2H3,(H2,12,13,14);1-5,7,9H,(H,10,11)/t2*7-/m11/s1. The van der Waals surface area contributed by atoms with Crippen molar-refractivity contribution in [1.29, 1.82) is 0 Å². The highest BCUT2D eigenvalue weighted by Crippen LogP contribution is 2.24. The van der Waals surface area contributed by atoms with Crippen molar-refractivity contribution >= 4 is 16.0 Å². The first-order chi connectivity index (χ1) is 12.6. The van der Waals surface area contributed by atoms with Gasteiger partial charge in [0.2, 0.25) is 10.0 Å². The molecule has 148 valence electrons. The fraction of sp³-hybridized carbons (Fsp3) is 0.278. The lowest BCUT2D eigenvalue weighted by molar-refractivity contribution is -0.146. The summed E-state index contributed by atoms with van der Waals surface area (Å²) in [6.45, 7) is 1.85. The van der Waals surface area contributed by atoms with Crippen LogP contribution in [0.1, 0.15) is 24.2 Å². The third-order valence-electron chi connectivity index (χ3n) is 3.44. The van der Waals surface area contributed by atoms with E-state index in [9.17, 15) is 13.2 Å². The molecule has 0 fully saturated rings. The van der Waals surface area contributed by atoms with E-state index in [2.05, 4.69) is 0 Å². The van der Waals surface area contributed by atoms with E-state index >= 15 is 0 Å². The summed E-state index contributed by atoms with van der Waals surface area (Å²) < 4.78 is 27.6. The van der Waals surface area contributed by atoms with Gasteiger partial charge < -0.3 is 20.7 Å². The average molecular weight is 396 g/mol. The number of hydrogen-bond acceptors (Lipinski definition) is 6. The van der Waals surface area contributed by atoms with Crippen molar-refractivity contribution in [3.8, 4) is 5.75 Å². The molecule has 0 unspecified atom stereocenters. The Morgan fingerprint density at radius 1 is 1.19 bits per heavy atom. The highest BCUT2D eigenvalue weighted by Gasteiger charge is 2.16. The predicted molar refractivity (Wildman–Crippen MR) is 101 cm³/mol. The molecule has 0 saturated heterocycles. The van der Waals surface area contributed by atoms with Crippen LogP contribution < -0.4 is 15.6 Å². The van der Waals surface area contributed by atoms with Gasteiger partial charge in [-0.05, 0) is 36.6 Å². The lowest BCUT2D eigenvalue weighted by atomic mass is 10.1. The molecule has 2 rings (SSSR count). The first-order valence-corrected chi connectivity index (χ1v) is 9.52. The average Bonchev–Trinajstić information content (AvgIpc) is 2.61. The summed E-state index contributed by atoms with van der Waals surface area (Å²) in [5.74, 6) is -0.980. The van der Waals surface area contributed by atoms with Crippen molar-refractivity contribution < 1.29 is 28.2 Å². The largest absolute Gasteiger partial charge is 0.495 e. The van der Waals surface area contributed by atoms with Crippen LogP contribution in [0.15, 0.2) is 53.4 Å². The van der Waals surface area contributed by atoms with Gasteiger partial charge in [0.15, 0.2) is 6.10 Å². The van der Waals surface area contributed by atoms with E-state index in [1.54, 1.807) is 42.5 Å². The molecule has 0 aliphatic carbocycles. The fourth-order valence-electron chi connectivity index (χ4n) is 2.22. The molecule has 6 N–H and O–H groups in total. The number of carboxylic acid groups (broad SMARTS) is 1. The molecule has 0 bridgehead atoms. The van der Waals surface area contributed by atoms with Gasteiger partial charge in [-0.2, -0.15) is 0 Å². The summed E-state index contributed by atoms with van der Waals surface area (Å²) >= 11 is 0. The Bertz CT molecular complexity index is 853. The van der Waals surface area contributed by atoms with Crippen molar-refractivity contribution in [2.45, 2.75) is 30.4 Å². The van der Waals surface area contributed by atoms with Crippen LogP contribution in [0, 0.1) is 0 Å². The number of carboxylic acids is 1. The van der Waals surface area contributed by atoms with Crippen LogP contribution in [0.2, 0.25) is 0 Å². The Labute approximate surface area is 158 Å². The molecular formula is C18H24N2O6S. The molecule has 0 spiro atoms. The van der Waals surface area contributed by atoms with Gasteiger partial charge in [0, 0.05) is 6.04 Å². The van der Waals surface area contributed by atoms with Gasteiger partial charge in [-0.25, -0.2) is 18.4 Å². The highest BCUT2D eigenvalue weighted by molar-refractivity contribution is 7.89. The third-order valence-corrected chi connectivity index (χ3v) is 4.37. The molecule has 0 aromatic heterocycles. The monoisotopic (exact) mass is 396 g/mol. The van der Waals surface area contributed by atoms with E-state index in [1.165, 1.54) is 13.2 Å². The van der Waals surface area contributed by atoms with Gasteiger partial charge >= 0.3 is 5.97 Å². The maximum Gasteiger partial charge on any atom is 0.337 e. The van der Waals surface area contributed by atoms with Crippen LogP contribution in [0.3, 0.4) is 0 Å². The van der Waals surface area contributed by atoms with Crippen LogP contribution in [0.25, 0.3) is 0 Å². The molecule has 0 radical (unpaired) electrons. The maximum atomic E-state index is 11.3.